The van der Waals surface area contributed by atoms with Gasteiger partial charge in [0.1, 0.15) is 11.4 Å². The first-order valence-corrected chi connectivity index (χ1v) is 7.25. The highest BCUT2D eigenvalue weighted by Gasteiger charge is 2.30. The first kappa shape index (κ1) is 15.5. The number of benzene rings is 1. The van der Waals surface area contributed by atoms with E-state index >= 15 is 0 Å². The summed E-state index contributed by atoms with van der Waals surface area (Å²) in [6, 6.07) is 5.55. The molecule has 2 aromatic rings. The van der Waals surface area contributed by atoms with E-state index in [1.165, 1.54) is 4.68 Å². The van der Waals surface area contributed by atoms with E-state index < -0.39 is 4.92 Å². The Morgan fingerprint density at radius 3 is 2.67 bits per heavy atom. The lowest BCUT2D eigenvalue weighted by Gasteiger charge is -2.08. The van der Waals surface area contributed by atoms with E-state index in [1.807, 2.05) is 32.9 Å². The zero-order chi connectivity index (χ0) is 15.7. The van der Waals surface area contributed by atoms with Crippen LogP contribution in [0.5, 0.6) is 11.6 Å². The number of hydrogen-bond acceptors (Lipinski definition) is 4. The van der Waals surface area contributed by atoms with Gasteiger partial charge in [0.05, 0.1) is 4.92 Å². The Hall–Kier alpha value is -1.89. The molecule has 0 radical (unpaired) electrons. The molecule has 112 valence electrons. The van der Waals surface area contributed by atoms with Crippen molar-refractivity contribution in [3.05, 3.63) is 44.0 Å². The average molecular weight is 354 g/mol. The van der Waals surface area contributed by atoms with Gasteiger partial charge in [0.2, 0.25) is 0 Å². The molecular formula is C14H16BrN3O3. The summed E-state index contributed by atoms with van der Waals surface area (Å²) in [6.45, 7) is 5.61. The molecule has 1 heterocycles. The van der Waals surface area contributed by atoms with Crippen LogP contribution in [0, 0.1) is 17.0 Å². The Bertz CT molecular complexity index is 695. The Morgan fingerprint density at radius 2 is 2.10 bits per heavy atom. The van der Waals surface area contributed by atoms with Crippen molar-refractivity contribution in [2.45, 2.75) is 26.7 Å². The van der Waals surface area contributed by atoms with Gasteiger partial charge in [-0.2, -0.15) is 5.10 Å². The first-order valence-electron chi connectivity index (χ1n) is 6.46. The largest absolute Gasteiger partial charge is 0.434 e. The number of rotatable bonds is 4. The van der Waals surface area contributed by atoms with Gasteiger partial charge in [-0.25, -0.2) is 4.68 Å². The fourth-order valence-electron chi connectivity index (χ4n) is 1.98. The van der Waals surface area contributed by atoms with Gasteiger partial charge in [-0.1, -0.05) is 35.8 Å². The van der Waals surface area contributed by atoms with Gasteiger partial charge < -0.3 is 4.74 Å². The van der Waals surface area contributed by atoms with Crippen molar-refractivity contribution >= 4 is 21.6 Å². The molecule has 0 spiro atoms. The van der Waals surface area contributed by atoms with Gasteiger partial charge >= 0.3 is 5.69 Å². The molecule has 6 nitrogen and oxygen atoms in total. The first-order chi connectivity index (χ1) is 9.81. The average Bonchev–Trinajstić information content (AvgIpc) is 2.72. The molecule has 2 rings (SSSR count). The smallest absolute Gasteiger partial charge is 0.354 e. The van der Waals surface area contributed by atoms with E-state index in [0.717, 1.165) is 10.0 Å². The van der Waals surface area contributed by atoms with Crippen LogP contribution in [-0.4, -0.2) is 14.7 Å². The topological polar surface area (TPSA) is 70.2 Å². The molecule has 0 unspecified atom stereocenters. The standard InChI is InChI=1S/C14H16BrN3O3/c1-8(2)12-13(18(19)20)14(17(4)16-12)21-11-7-10(15)6-5-9(11)3/h5-8H,1-4H3. The third-order valence-corrected chi connectivity index (χ3v) is 3.58. The molecule has 0 aliphatic heterocycles. The molecular weight excluding hydrogens is 338 g/mol. The summed E-state index contributed by atoms with van der Waals surface area (Å²) in [7, 11) is 1.64. The molecule has 0 N–H and O–H groups in total. The van der Waals surface area contributed by atoms with Crippen molar-refractivity contribution < 1.29 is 9.66 Å². The fourth-order valence-corrected chi connectivity index (χ4v) is 2.32. The van der Waals surface area contributed by atoms with Crippen molar-refractivity contribution in [2.24, 2.45) is 7.05 Å². The second-order valence-electron chi connectivity index (χ2n) is 5.09. The minimum Gasteiger partial charge on any atom is -0.434 e. The Morgan fingerprint density at radius 1 is 1.43 bits per heavy atom. The highest BCUT2D eigenvalue weighted by atomic mass is 79.9. The summed E-state index contributed by atoms with van der Waals surface area (Å²) in [5.74, 6) is 0.647. The number of aryl methyl sites for hydroxylation is 2. The van der Waals surface area contributed by atoms with Gasteiger partial charge in [-0.15, -0.1) is 0 Å². The van der Waals surface area contributed by atoms with Gasteiger partial charge in [-0.3, -0.25) is 10.1 Å². The van der Waals surface area contributed by atoms with Crippen LogP contribution < -0.4 is 4.74 Å². The quantitative estimate of drug-likeness (QED) is 0.606. The highest BCUT2D eigenvalue weighted by molar-refractivity contribution is 9.10. The third-order valence-electron chi connectivity index (χ3n) is 3.08. The molecule has 0 amide bonds. The molecule has 0 atom stereocenters. The molecule has 0 aliphatic carbocycles. The van der Waals surface area contributed by atoms with Crippen molar-refractivity contribution in [3.63, 3.8) is 0 Å². The van der Waals surface area contributed by atoms with Crippen molar-refractivity contribution in [2.75, 3.05) is 0 Å². The minimum atomic E-state index is -0.439. The summed E-state index contributed by atoms with van der Waals surface area (Å²) in [5, 5.41) is 15.6. The van der Waals surface area contributed by atoms with Crippen LogP contribution in [0.15, 0.2) is 22.7 Å². The summed E-state index contributed by atoms with van der Waals surface area (Å²) >= 11 is 3.37. The van der Waals surface area contributed by atoms with Gasteiger partial charge in [-0.05, 0) is 24.6 Å². The molecule has 0 bridgehead atoms. The zero-order valence-electron chi connectivity index (χ0n) is 12.3. The molecule has 0 aliphatic rings. The Balaban J connectivity index is 2.54. The van der Waals surface area contributed by atoms with E-state index in [9.17, 15) is 10.1 Å². The van der Waals surface area contributed by atoms with Gasteiger partial charge in [0.15, 0.2) is 0 Å². The number of ether oxygens (including phenoxy) is 1. The predicted molar refractivity (Wildman–Crippen MR) is 82.9 cm³/mol. The van der Waals surface area contributed by atoms with Gasteiger partial charge in [0.25, 0.3) is 5.88 Å². The molecule has 1 aromatic carbocycles. The van der Waals surface area contributed by atoms with Crippen LogP contribution in [0.4, 0.5) is 5.69 Å². The molecule has 0 fully saturated rings. The van der Waals surface area contributed by atoms with E-state index in [4.69, 9.17) is 4.74 Å². The summed E-state index contributed by atoms with van der Waals surface area (Å²) in [4.78, 5) is 10.9. The van der Waals surface area contributed by atoms with E-state index in [0.29, 0.717) is 11.4 Å². The Kier molecular flexibility index (Phi) is 4.32. The summed E-state index contributed by atoms with van der Waals surface area (Å²) < 4.78 is 8.03. The maximum absolute atomic E-state index is 11.4. The fraction of sp³-hybridized carbons (Fsp3) is 0.357. The van der Waals surface area contributed by atoms with Gasteiger partial charge in [0, 0.05) is 17.4 Å². The molecule has 0 saturated heterocycles. The van der Waals surface area contributed by atoms with Crippen LogP contribution in [-0.2, 0) is 7.05 Å². The van der Waals surface area contributed by atoms with E-state index in [1.54, 1.807) is 13.1 Å². The van der Waals surface area contributed by atoms with Crippen LogP contribution in [0.1, 0.15) is 31.0 Å². The zero-order valence-corrected chi connectivity index (χ0v) is 13.8. The molecule has 1 aromatic heterocycles. The normalized spacial score (nSPS) is 11.0. The monoisotopic (exact) mass is 353 g/mol. The lowest BCUT2D eigenvalue weighted by atomic mass is 10.1. The predicted octanol–water partition coefficient (Wildman–Crippen LogP) is 4.31. The number of nitrogens with zero attached hydrogens (tertiary/aromatic N) is 3. The van der Waals surface area contributed by atoms with Crippen molar-refractivity contribution in [1.29, 1.82) is 0 Å². The lowest BCUT2D eigenvalue weighted by Crippen LogP contribution is -1.98. The maximum atomic E-state index is 11.4. The van der Waals surface area contributed by atoms with Crippen molar-refractivity contribution in [3.8, 4) is 11.6 Å². The van der Waals surface area contributed by atoms with Crippen molar-refractivity contribution in [1.82, 2.24) is 9.78 Å². The molecule has 21 heavy (non-hydrogen) atoms. The maximum Gasteiger partial charge on any atom is 0.354 e. The van der Waals surface area contributed by atoms with Crippen LogP contribution in [0.25, 0.3) is 0 Å². The third kappa shape index (κ3) is 3.07. The van der Waals surface area contributed by atoms with Crippen LogP contribution in [0.2, 0.25) is 0 Å². The minimum absolute atomic E-state index is 0.0578. The second-order valence-corrected chi connectivity index (χ2v) is 6.00. The van der Waals surface area contributed by atoms with Crippen LogP contribution >= 0.6 is 15.9 Å². The van der Waals surface area contributed by atoms with E-state index in [-0.39, 0.29) is 17.5 Å². The number of hydrogen-bond donors (Lipinski definition) is 0. The summed E-state index contributed by atoms with van der Waals surface area (Å²) in [5.41, 5.74) is 1.23. The molecule has 0 saturated carbocycles. The Labute approximate surface area is 131 Å². The SMILES string of the molecule is Cc1ccc(Br)cc1Oc1c([N+](=O)[O-])c(C(C)C)nn1C. The second kappa shape index (κ2) is 5.85. The molecule has 7 heteroatoms. The van der Waals surface area contributed by atoms with E-state index in [2.05, 4.69) is 21.0 Å². The number of aromatic nitrogens is 2. The number of halogens is 1. The highest BCUT2D eigenvalue weighted by Crippen LogP contribution is 2.38. The van der Waals surface area contributed by atoms with Crippen LogP contribution in [0.3, 0.4) is 0 Å². The number of nitro groups is 1. The lowest BCUT2D eigenvalue weighted by molar-refractivity contribution is -0.386. The summed E-state index contributed by atoms with van der Waals surface area (Å²) in [6.07, 6.45) is 0.